The first-order valence-electron chi connectivity index (χ1n) is 5.83. The van der Waals surface area contributed by atoms with Crippen molar-refractivity contribution in [2.24, 2.45) is 0 Å². The van der Waals surface area contributed by atoms with Crippen LogP contribution in [0, 0.1) is 0 Å². The van der Waals surface area contributed by atoms with Crippen LogP contribution in [0.2, 0.25) is 0 Å². The van der Waals surface area contributed by atoms with E-state index in [1.807, 2.05) is 6.07 Å². The molecule has 0 saturated carbocycles. The molecule has 0 atom stereocenters. The molecule has 4 nitrogen and oxygen atoms in total. The van der Waals surface area contributed by atoms with Crippen molar-refractivity contribution in [1.82, 2.24) is 0 Å². The maximum Gasteiger partial charge on any atom is 0.157 e. The second-order valence-corrected chi connectivity index (χ2v) is 7.56. The standard InChI is InChI=1S/C12H16BrNO3S/c13-11-2-1-3-12(14)10(11)8-18(15,16)9-4-6-17-7-5-9/h1-3,9H,4-8,14H2. The largest absolute Gasteiger partial charge is 0.398 e. The van der Waals surface area contributed by atoms with Crippen LogP contribution in [-0.4, -0.2) is 26.9 Å². The molecule has 1 aromatic carbocycles. The molecule has 1 saturated heterocycles. The Hall–Kier alpha value is -0.590. The summed E-state index contributed by atoms with van der Waals surface area (Å²) in [5.74, 6) is -0.00900. The molecule has 0 unspecified atom stereocenters. The summed E-state index contributed by atoms with van der Waals surface area (Å²) in [6.45, 7) is 1.05. The molecule has 0 bridgehead atoms. The van der Waals surface area contributed by atoms with Gasteiger partial charge in [0.05, 0.1) is 11.0 Å². The molecular formula is C12H16BrNO3S. The number of benzene rings is 1. The third-order valence-corrected chi connectivity index (χ3v) is 6.10. The summed E-state index contributed by atoms with van der Waals surface area (Å²) in [6.07, 6.45) is 1.15. The highest BCUT2D eigenvalue weighted by Crippen LogP contribution is 2.28. The van der Waals surface area contributed by atoms with Crippen molar-refractivity contribution in [2.75, 3.05) is 18.9 Å². The van der Waals surface area contributed by atoms with Crippen LogP contribution in [0.4, 0.5) is 5.69 Å². The molecule has 2 N–H and O–H groups in total. The highest BCUT2D eigenvalue weighted by Gasteiger charge is 2.28. The van der Waals surface area contributed by atoms with Gasteiger partial charge < -0.3 is 10.5 Å². The zero-order valence-corrected chi connectivity index (χ0v) is 12.3. The number of ether oxygens (including phenoxy) is 1. The third kappa shape index (κ3) is 3.05. The van der Waals surface area contributed by atoms with E-state index in [2.05, 4.69) is 15.9 Å². The summed E-state index contributed by atoms with van der Waals surface area (Å²) < 4.78 is 30.6. The lowest BCUT2D eigenvalue weighted by Gasteiger charge is -2.22. The van der Waals surface area contributed by atoms with Gasteiger partial charge in [-0.1, -0.05) is 22.0 Å². The van der Waals surface area contributed by atoms with Gasteiger partial charge in [-0.25, -0.2) is 8.42 Å². The Bertz CT molecular complexity index is 504. The van der Waals surface area contributed by atoms with E-state index in [-0.39, 0.29) is 11.0 Å². The first-order valence-corrected chi connectivity index (χ1v) is 8.34. The molecule has 0 spiro atoms. The lowest BCUT2D eigenvalue weighted by Crippen LogP contribution is -2.30. The van der Waals surface area contributed by atoms with E-state index in [1.54, 1.807) is 12.1 Å². The van der Waals surface area contributed by atoms with E-state index >= 15 is 0 Å². The molecule has 0 amide bonds. The summed E-state index contributed by atoms with van der Waals surface area (Å²) in [6, 6.07) is 5.33. The van der Waals surface area contributed by atoms with Crippen molar-refractivity contribution >= 4 is 31.5 Å². The monoisotopic (exact) mass is 333 g/mol. The first-order chi connectivity index (χ1) is 8.50. The molecule has 1 aromatic rings. The number of nitrogens with two attached hydrogens (primary N) is 1. The molecule has 0 aromatic heterocycles. The molecule has 1 fully saturated rings. The summed E-state index contributed by atoms with van der Waals surface area (Å²) in [7, 11) is -3.17. The summed E-state index contributed by atoms with van der Waals surface area (Å²) in [5, 5.41) is -0.308. The maximum absolute atomic E-state index is 12.3. The second-order valence-electron chi connectivity index (χ2n) is 4.43. The number of nitrogen functional groups attached to an aromatic ring is 1. The minimum Gasteiger partial charge on any atom is -0.398 e. The SMILES string of the molecule is Nc1cccc(Br)c1CS(=O)(=O)C1CCOCC1. The Morgan fingerprint density at radius 3 is 2.61 bits per heavy atom. The molecule has 1 heterocycles. The molecule has 0 radical (unpaired) electrons. The van der Waals surface area contributed by atoms with Crippen LogP contribution >= 0.6 is 15.9 Å². The first kappa shape index (κ1) is 13.8. The molecule has 100 valence electrons. The smallest absolute Gasteiger partial charge is 0.157 e. The van der Waals surface area contributed by atoms with Crippen molar-refractivity contribution < 1.29 is 13.2 Å². The van der Waals surface area contributed by atoms with E-state index in [0.717, 1.165) is 4.47 Å². The van der Waals surface area contributed by atoms with Gasteiger partial charge in [0.2, 0.25) is 0 Å². The van der Waals surface area contributed by atoms with Crippen LogP contribution in [0.15, 0.2) is 22.7 Å². The molecule has 1 aliphatic rings. The minimum absolute atomic E-state index is 0.00900. The number of rotatable bonds is 3. The minimum atomic E-state index is -3.17. The lowest BCUT2D eigenvalue weighted by molar-refractivity contribution is 0.0983. The summed E-state index contributed by atoms with van der Waals surface area (Å²) >= 11 is 3.35. The van der Waals surface area contributed by atoms with Crippen molar-refractivity contribution in [1.29, 1.82) is 0 Å². The number of sulfone groups is 1. The Morgan fingerprint density at radius 2 is 2.00 bits per heavy atom. The lowest BCUT2D eigenvalue weighted by atomic mass is 10.2. The molecule has 2 rings (SSSR count). The zero-order chi connectivity index (χ0) is 13.2. The quantitative estimate of drug-likeness (QED) is 0.860. The van der Waals surface area contributed by atoms with Crippen LogP contribution in [0.5, 0.6) is 0 Å². The van der Waals surface area contributed by atoms with E-state index in [1.165, 1.54) is 0 Å². The van der Waals surface area contributed by atoms with Gasteiger partial charge in [0.15, 0.2) is 9.84 Å². The Balaban J connectivity index is 2.22. The van der Waals surface area contributed by atoms with Gasteiger partial charge in [-0.05, 0) is 25.0 Å². The number of anilines is 1. The van der Waals surface area contributed by atoms with Gasteiger partial charge >= 0.3 is 0 Å². The van der Waals surface area contributed by atoms with Gasteiger partial charge in [0.1, 0.15) is 0 Å². The van der Waals surface area contributed by atoms with E-state index in [4.69, 9.17) is 10.5 Å². The number of hydrogen-bond donors (Lipinski definition) is 1. The second kappa shape index (κ2) is 5.59. The van der Waals surface area contributed by atoms with Crippen LogP contribution in [0.1, 0.15) is 18.4 Å². The molecular weight excluding hydrogens is 318 g/mol. The van der Waals surface area contributed by atoms with E-state index in [0.29, 0.717) is 37.3 Å². The number of hydrogen-bond acceptors (Lipinski definition) is 4. The topological polar surface area (TPSA) is 69.4 Å². The maximum atomic E-state index is 12.3. The van der Waals surface area contributed by atoms with Gasteiger partial charge in [-0.15, -0.1) is 0 Å². The van der Waals surface area contributed by atoms with Gasteiger partial charge in [0.25, 0.3) is 0 Å². The molecule has 6 heteroatoms. The molecule has 18 heavy (non-hydrogen) atoms. The Kier molecular flexibility index (Phi) is 4.29. The van der Waals surface area contributed by atoms with Crippen molar-refractivity contribution in [2.45, 2.75) is 23.8 Å². The van der Waals surface area contributed by atoms with Crippen LogP contribution in [-0.2, 0) is 20.3 Å². The summed E-state index contributed by atoms with van der Waals surface area (Å²) in [4.78, 5) is 0. The van der Waals surface area contributed by atoms with Gasteiger partial charge in [-0.2, -0.15) is 0 Å². The van der Waals surface area contributed by atoms with Gasteiger partial charge in [0, 0.05) is 28.9 Å². The Morgan fingerprint density at radius 1 is 1.33 bits per heavy atom. The average molecular weight is 334 g/mol. The normalized spacial score (nSPS) is 17.8. The van der Waals surface area contributed by atoms with E-state index < -0.39 is 9.84 Å². The Labute approximate surface area is 116 Å². The number of halogens is 1. The zero-order valence-electron chi connectivity index (χ0n) is 9.93. The molecule has 0 aliphatic carbocycles. The average Bonchev–Trinajstić information content (AvgIpc) is 2.35. The predicted octanol–water partition coefficient (Wildman–Crippen LogP) is 2.13. The van der Waals surface area contributed by atoms with Crippen molar-refractivity contribution in [3.63, 3.8) is 0 Å². The molecule has 1 aliphatic heterocycles. The fraction of sp³-hybridized carbons (Fsp3) is 0.500. The van der Waals surface area contributed by atoms with Crippen LogP contribution < -0.4 is 5.73 Å². The van der Waals surface area contributed by atoms with E-state index in [9.17, 15) is 8.42 Å². The fourth-order valence-corrected chi connectivity index (χ4v) is 4.66. The van der Waals surface area contributed by atoms with Crippen LogP contribution in [0.3, 0.4) is 0 Å². The highest BCUT2D eigenvalue weighted by molar-refractivity contribution is 9.10. The fourth-order valence-electron chi connectivity index (χ4n) is 2.08. The highest BCUT2D eigenvalue weighted by atomic mass is 79.9. The summed E-state index contributed by atoms with van der Waals surface area (Å²) in [5.41, 5.74) is 7.01. The van der Waals surface area contributed by atoms with Gasteiger partial charge in [-0.3, -0.25) is 0 Å². The third-order valence-electron chi connectivity index (χ3n) is 3.18. The predicted molar refractivity (Wildman–Crippen MR) is 75.0 cm³/mol. The van der Waals surface area contributed by atoms with Crippen LogP contribution in [0.25, 0.3) is 0 Å². The van der Waals surface area contributed by atoms with Crippen molar-refractivity contribution in [3.8, 4) is 0 Å². The van der Waals surface area contributed by atoms with Crippen molar-refractivity contribution in [3.05, 3.63) is 28.2 Å².